The zero-order valence-electron chi connectivity index (χ0n) is 23.9. The van der Waals surface area contributed by atoms with Crippen molar-refractivity contribution in [1.82, 2.24) is 19.7 Å². The van der Waals surface area contributed by atoms with Crippen molar-refractivity contribution in [1.29, 1.82) is 5.26 Å². The van der Waals surface area contributed by atoms with Crippen molar-refractivity contribution >= 4 is 56.6 Å². The molecule has 14 nitrogen and oxygen atoms in total. The molecule has 4 rings (SSSR count). The summed E-state index contributed by atoms with van der Waals surface area (Å²) in [5.41, 5.74) is 1.37. The number of esters is 1. The third-order valence-electron chi connectivity index (χ3n) is 6.00. The monoisotopic (exact) mass is 603 g/mol. The first kappa shape index (κ1) is 30.8. The van der Waals surface area contributed by atoms with Gasteiger partial charge in [-0.05, 0) is 32.9 Å². The molecule has 3 heterocycles. The lowest BCUT2D eigenvalue weighted by Crippen LogP contribution is -2.25. The molecule has 4 aromatic rings. The van der Waals surface area contributed by atoms with Crippen molar-refractivity contribution in [3.63, 3.8) is 0 Å². The van der Waals surface area contributed by atoms with E-state index in [4.69, 9.17) is 9.47 Å². The number of para-hydroxylation sites is 1. The number of carbonyl (C=O) groups excluding carboxylic acids is 1. The van der Waals surface area contributed by atoms with Gasteiger partial charge in [-0.3, -0.25) is 0 Å². The van der Waals surface area contributed by atoms with Crippen LogP contribution in [0, 0.1) is 18.3 Å². The predicted molar refractivity (Wildman–Crippen MR) is 161 cm³/mol. The molecule has 0 spiro atoms. The Balaban J connectivity index is 1.76. The van der Waals surface area contributed by atoms with Crippen molar-refractivity contribution in [3.8, 4) is 11.2 Å². The fourth-order valence-electron chi connectivity index (χ4n) is 3.97. The normalized spacial score (nSPS) is 12.5. The van der Waals surface area contributed by atoms with Gasteiger partial charge >= 0.3 is 11.9 Å². The van der Waals surface area contributed by atoms with E-state index in [0.29, 0.717) is 17.3 Å². The summed E-state index contributed by atoms with van der Waals surface area (Å²) >= 11 is 1.34. The van der Waals surface area contributed by atoms with Crippen molar-refractivity contribution in [3.05, 3.63) is 59.8 Å². The summed E-state index contributed by atoms with van der Waals surface area (Å²) in [5.74, 6) is -1.50. The van der Waals surface area contributed by atoms with Gasteiger partial charge in [-0.15, -0.1) is 15.3 Å². The lowest BCUT2D eigenvalue weighted by atomic mass is 10.1. The van der Waals surface area contributed by atoms with E-state index in [1.807, 2.05) is 31.2 Å². The maximum Gasteiger partial charge on any atom is 0.341 e. The fourth-order valence-corrected chi connectivity index (χ4v) is 4.86. The standard InChI is InChI=1S/C28H29N9O5S/c1-6-22(38)42-14-16(3)31-26-23(17(4)18(11-29)24(33-26)30-15(2)13-41-5)34-35-25-19(27(39)40)12-37(36-25)28-32-20-9-7-8-10-21(20)43-28/h6-10,12,15-16H,1,13-14H2,2-5H3,(H,39,40)(H2,30,31,33). The zero-order chi connectivity index (χ0) is 31.1. The number of ether oxygens (including phenoxy) is 2. The first-order chi connectivity index (χ1) is 20.6. The average molecular weight is 604 g/mol. The Morgan fingerprint density at radius 3 is 2.58 bits per heavy atom. The molecule has 0 amide bonds. The number of nitrogens with one attached hydrogen (secondary N) is 2. The molecule has 0 fully saturated rings. The Bertz CT molecular complexity index is 1710. The highest BCUT2D eigenvalue weighted by molar-refractivity contribution is 7.20. The summed E-state index contributed by atoms with van der Waals surface area (Å²) in [4.78, 5) is 32.8. The number of fused-ring (bicyclic) bond motifs is 1. The van der Waals surface area contributed by atoms with Gasteiger partial charge in [0.15, 0.2) is 5.82 Å². The van der Waals surface area contributed by atoms with Crippen LogP contribution in [-0.2, 0) is 14.3 Å². The van der Waals surface area contributed by atoms with Gasteiger partial charge in [0.25, 0.3) is 0 Å². The number of rotatable bonds is 13. The summed E-state index contributed by atoms with van der Waals surface area (Å²) in [6.45, 7) is 9.04. The van der Waals surface area contributed by atoms with Gasteiger partial charge in [-0.1, -0.05) is 30.0 Å². The van der Waals surface area contributed by atoms with Gasteiger partial charge in [0.1, 0.15) is 29.7 Å². The van der Waals surface area contributed by atoms with Crippen molar-refractivity contribution < 1.29 is 24.2 Å². The molecular formula is C28H29N9O5S. The van der Waals surface area contributed by atoms with Gasteiger partial charge in [0.05, 0.1) is 34.6 Å². The minimum atomic E-state index is -1.25. The van der Waals surface area contributed by atoms with E-state index in [1.165, 1.54) is 22.2 Å². The molecule has 0 bridgehead atoms. The molecule has 0 aliphatic rings. The average Bonchev–Trinajstić information content (AvgIpc) is 3.60. The van der Waals surface area contributed by atoms with Crippen LogP contribution in [0.5, 0.6) is 0 Å². The number of aromatic carboxylic acids is 1. The van der Waals surface area contributed by atoms with E-state index in [-0.39, 0.29) is 46.9 Å². The number of anilines is 2. The Labute approximate surface area is 250 Å². The molecule has 1 aromatic carbocycles. The molecule has 0 aliphatic carbocycles. The maximum atomic E-state index is 12.1. The molecule has 15 heteroatoms. The number of aromatic nitrogens is 4. The second-order valence-corrected chi connectivity index (χ2v) is 10.4. The highest BCUT2D eigenvalue weighted by atomic mass is 32.1. The molecular weight excluding hydrogens is 574 g/mol. The van der Waals surface area contributed by atoms with Crippen LogP contribution in [0.1, 0.15) is 35.3 Å². The molecule has 2 unspecified atom stereocenters. The van der Waals surface area contributed by atoms with Gasteiger partial charge in [0.2, 0.25) is 10.9 Å². The Morgan fingerprint density at radius 2 is 1.91 bits per heavy atom. The number of nitrogens with zero attached hydrogens (tertiary/aromatic N) is 7. The number of benzene rings is 1. The van der Waals surface area contributed by atoms with Crippen LogP contribution in [0.2, 0.25) is 0 Å². The second kappa shape index (κ2) is 13.6. The Kier molecular flexibility index (Phi) is 9.76. The minimum Gasteiger partial charge on any atom is -0.477 e. The quantitative estimate of drug-likeness (QED) is 0.104. The van der Waals surface area contributed by atoms with Crippen LogP contribution in [-0.4, -0.2) is 69.2 Å². The molecule has 2 atom stereocenters. The highest BCUT2D eigenvalue weighted by Gasteiger charge is 2.22. The van der Waals surface area contributed by atoms with Crippen LogP contribution in [0.15, 0.2) is 53.3 Å². The Hall–Kier alpha value is -5.20. The van der Waals surface area contributed by atoms with Gasteiger partial charge < -0.3 is 25.2 Å². The number of thiazole rings is 1. The molecule has 43 heavy (non-hydrogen) atoms. The molecule has 222 valence electrons. The van der Waals surface area contributed by atoms with Gasteiger partial charge in [-0.2, -0.15) is 5.26 Å². The first-order valence-electron chi connectivity index (χ1n) is 13.0. The number of nitriles is 1. The van der Waals surface area contributed by atoms with E-state index in [0.717, 1.165) is 16.3 Å². The molecule has 0 saturated carbocycles. The van der Waals surface area contributed by atoms with Crippen molar-refractivity contribution in [2.75, 3.05) is 31.0 Å². The van der Waals surface area contributed by atoms with Crippen molar-refractivity contribution in [2.45, 2.75) is 32.9 Å². The van der Waals surface area contributed by atoms with Gasteiger partial charge in [0, 0.05) is 24.8 Å². The third kappa shape index (κ3) is 7.18. The van der Waals surface area contributed by atoms with Crippen LogP contribution < -0.4 is 10.6 Å². The topological polar surface area (TPSA) is 189 Å². The van der Waals surface area contributed by atoms with E-state index in [9.17, 15) is 20.0 Å². The number of carbonyl (C=O) groups is 2. The smallest absolute Gasteiger partial charge is 0.341 e. The fraction of sp³-hybridized carbons (Fsp3) is 0.286. The molecule has 0 aliphatic heterocycles. The minimum absolute atomic E-state index is 0.0132. The molecule has 0 saturated heterocycles. The van der Waals surface area contributed by atoms with Crippen LogP contribution >= 0.6 is 11.3 Å². The SMILES string of the molecule is C=CC(=O)OCC(C)Nc1nc(NC(C)COC)c(C#N)c(C)c1N=Nc1nn(-c2nc3ccccc3s2)cc1C(=O)O. The summed E-state index contributed by atoms with van der Waals surface area (Å²) < 4.78 is 12.6. The summed E-state index contributed by atoms with van der Waals surface area (Å²) in [7, 11) is 1.56. The third-order valence-corrected chi connectivity index (χ3v) is 7.03. The molecule has 3 N–H and O–H groups in total. The van der Waals surface area contributed by atoms with Crippen LogP contribution in [0.3, 0.4) is 0 Å². The number of hydrogen-bond donors (Lipinski definition) is 3. The van der Waals surface area contributed by atoms with Crippen LogP contribution in [0.25, 0.3) is 15.3 Å². The number of pyridine rings is 1. The van der Waals surface area contributed by atoms with Gasteiger partial charge in [-0.25, -0.2) is 24.2 Å². The van der Waals surface area contributed by atoms with E-state index in [1.54, 1.807) is 21.0 Å². The largest absolute Gasteiger partial charge is 0.477 e. The number of carboxylic acid groups (broad SMARTS) is 1. The summed E-state index contributed by atoms with van der Waals surface area (Å²) in [6.07, 6.45) is 2.38. The van der Waals surface area contributed by atoms with Crippen LogP contribution in [0.4, 0.5) is 23.1 Å². The second-order valence-electron chi connectivity index (χ2n) is 9.43. The maximum absolute atomic E-state index is 12.1. The number of carboxylic acids is 1. The molecule has 3 aromatic heterocycles. The Morgan fingerprint density at radius 1 is 1.19 bits per heavy atom. The summed E-state index contributed by atoms with van der Waals surface area (Å²) in [6, 6.07) is 9.03. The first-order valence-corrected chi connectivity index (χ1v) is 13.8. The molecule has 0 radical (unpaired) electrons. The lowest BCUT2D eigenvalue weighted by Gasteiger charge is -2.20. The zero-order valence-corrected chi connectivity index (χ0v) is 24.7. The number of methoxy groups -OCH3 is 1. The van der Waals surface area contributed by atoms with E-state index >= 15 is 0 Å². The number of azo groups is 1. The van der Waals surface area contributed by atoms with Crippen molar-refractivity contribution in [2.24, 2.45) is 10.2 Å². The number of hydrogen-bond acceptors (Lipinski definition) is 13. The highest BCUT2D eigenvalue weighted by Crippen LogP contribution is 2.36. The van der Waals surface area contributed by atoms with E-state index < -0.39 is 18.0 Å². The summed E-state index contributed by atoms with van der Waals surface area (Å²) in [5, 5.41) is 39.4. The lowest BCUT2D eigenvalue weighted by molar-refractivity contribution is -0.137. The van der Waals surface area contributed by atoms with E-state index in [2.05, 4.69) is 48.6 Å². The predicted octanol–water partition coefficient (Wildman–Crippen LogP) is 5.15.